The van der Waals surface area contributed by atoms with Crippen molar-refractivity contribution >= 4 is 18.2 Å². The minimum absolute atomic E-state index is 0.0878. The molecule has 0 heterocycles. The van der Waals surface area contributed by atoms with Crippen molar-refractivity contribution in [1.29, 1.82) is 0 Å². The van der Waals surface area contributed by atoms with E-state index in [-0.39, 0.29) is 31.8 Å². The first kappa shape index (κ1) is 55.5. The average molecular weight is 819 g/mol. The van der Waals surface area contributed by atoms with Gasteiger partial charge in [-0.1, -0.05) is 147 Å². The van der Waals surface area contributed by atoms with Crippen molar-refractivity contribution in [3.8, 4) is 0 Å². The van der Waals surface area contributed by atoms with Gasteiger partial charge in [-0.2, -0.15) is 0 Å². The van der Waals surface area contributed by atoms with E-state index >= 15 is 0 Å². The quantitative estimate of drug-likeness (QED) is 0.0269. The molecule has 8 heteroatoms. The number of carbonyl (C=O) groups is 3. The molecule has 0 N–H and O–H groups in total. The summed E-state index contributed by atoms with van der Waals surface area (Å²) in [4.78, 5) is 42.2. The monoisotopic (exact) mass is 819 g/mol. The number of rotatable bonds is 37. The summed E-state index contributed by atoms with van der Waals surface area (Å²) in [5, 5.41) is 0. The Morgan fingerprint density at radius 2 is 0.741 bits per heavy atom. The number of esters is 1. The van der Waals surface area contributed by atoms with Crippen LogP contribution in [-0.2, 0) is 19.0 Å². The maximum atomic E-state index is 13.2. The van der Waals surface area contributed by atoms with Crippen LogP contribution in [0.25, 0.3) is 0 Å². The van der Waals surface area contributed by atoms with E-state index in [9.17, 15) is 14.4 Å². The van der Waals surface area contributed by atoms with Gasteiger partial charge in [-0.15, -0.1) is 0 Å². The number of hydrogen-bond acceptors (Lipinski definition) is 6. The molecule has 0 spiro atoms. The summed E-state index contributed by atoms with van der Waals surface area (Å²) in [6.45, 7) is 17.0. The topological polar surface area (TPSA) is 85.4 Å². The van der Waals surface area contributed by atoms with E-state index in [2.05, 4.69) is 38.2 Å². The number of nitrogens with zero attached hydrogens (tertiary/aromatic N) is 2. The van der Waals surface area contributed by atoms with Gasteiger partial charge in [-0.25, -0.2) is 9.59 Å². The Balaban J connectivity index is 4.61. The lowest BCUT2D eigenvalue weighted by Gasteiger charge is -2.31. The van der Waals surface area contributed by atoms with Crippen molar-refractivity contribution < 1.29 is 28.6 Å². The molecule has 0 radical (unpaired) electrons. The third-order valence-corrected chi connectivity index (χ3v) is 10.2. The Labute approximate surface area is 359 Å². The average Bonchev–Trinajstić information content (AvgIpc) is 3.15. The summed E-state index contributed by atoms with van der Waals surface area (Å²) >= 11 is 0. The van der Waals surface area contributed by atoms with Gasteiger partial charge in [0.05, 0.1) is 6.54 Å². The number of amides is 2. The molecule has 0 unspecified atom stereocenters. The Hall–Kier alpha value is -2.51. The third-order valence-electron chi connectivity index (χ3n) is 10.2. The summed E-state index contributed by atoms with van der Waals surface area (Å²) in [6.07, 6.45) is 41.8. The predicted molar refractivity (Wildman–Crippen MR) is 245 cm³/mol. The van der Waals surface area contributed by atoms with Crippen molar-refractivity contribution in [3.05, 3.63) is 24.3 Å². The maximum absolute atomic E-state index is 13.2. The molecule has 2 amide bonds. The molecule has 8 nitrogen and oxygen atoms in total. The van der Waals surface area contributed by atoms with Gasteiger partial charge >= 0.3 is 18.2 Å². The molecule has 0 aliphatic heterocycles. The summed E-state index contributed by atoms with van der Waals surface area (Å²) < 4.78 is 17.0. The van der Waals surface area contributed by atoms with E-state index in [0.717, 1.165) is 51.4 Å². The van der Waals surface area contributed by atoms with Gasteiger partial charge in [0.15, 0.2) is 0 Å². The fourth-order valence-corrected chi connectivity index (χ4v) is 6.72. The molecule has 0 aliphatic carbocycles. The molecule has 0 saturated carbocycles. The van der Waals surface area contributed by atoms with E-state index < -0.39 is 17.3 Å². The Kier molecular flexibility index (Phi) is 35.9. The van der Waals surface area contributed by atoms with Crippen molar-refractivity contribution in [2.24, 2.45) is 0 Å². The van der Waals surface area contributed by atoms with E-state index in [4.69, 9.17) is 14.2 Å². The fourth-order valence-electron chi connectivity index (χ4n) is 6.72. The lowest BCUT2D eigenvalue weighted by atomic mass is 10.1. The van der Waals surface area contributed by atoms with Gasteiger partial charge in [0.25, 0.3) is 0 Å². The van der Waals surface area contributed by atoms with E-state index in [1.807, 2.05) is 41.5 Å². The van der Waals surface area contributed by atoms with Crippen LogP contribution in [-0.4, -0.2) is 71.9 Å². The molecule has 0 saturated heterocycles. The Bertz CT molecular complexity index is 1040. The molecule has 0 fully saturated rings. The Morgan fingerprint density at radius 3 is 1.12 bits per heavy atom. The number of ether oxygens (including phenoxy) is 3. The molecule has 0 aliphatic rings. The van der Waals surface area contributed by atoms with Crippen LogP contribution < -0.4 is 0 Å². The zero-order chi connectivity index (χ0) is 43.2. The molecule has 58 heavy (non-hydrogen) atoms. The minimum atomic E-state index is -0.676. The molecule has 0 aromatic carbocycles. The van der Waals surface area contributed by atoms with Gasteiger partial charge in [-0.3, -0.25) is 4.79 Å². The summed E-state index contributed by atoms with van der Waals surface area (Å²) in [6, 6.07) is 0. The summed E-state index contributed by atoms with van der Waals surface area (Å²) in [7, 11) is 0. The zero-order valence-electron chi connectivity index (χ0n) is 39.5. The first-order valence-electron chi connectivity index (χ1n) is 24.2. The van der Waals surface area contributed by atoms with Crippen molar-refractivity contribution in [2.75, 3.05) is 32.8 Å². The van der Waals surface area contributed by atoms with Gasteiger partial charge in [0, 0.05) is 26.1 Å². The van der Waals surface area contributed by atoms with Crippen LogP contribution in [0, 0.1) is 0 Å². The highest BCUT2D eigenvalue weighted by atomic mass is 16.6. The second-order valence-electron chi connectivity index (χ2n) is 18.4. The van der Waals surface area contributed by atoms with Crippen LogP contribution in [0.4, 0.5) is 9.59 Å². The molecule has 0 bridgehead atoms. The first-order valence-corrected chi connectivity index (χ1v) is 24.2. The summed E-state index contributed by atoms with van der Waals surface area (Å²) in [5.41, 5.74) is -1.30. The normalized spacial score (nSPS) is 12.1. The maximum Gasteiger partial charge on any atom is 0.410 e. The number of carbonyl (C=O) groups excluding carboxylic acids is 3. The van der Waals surface area contributed by atoms with E-state index in [1.54, 1.807) is 9.80 Å². The molecule has 0 aromatic rings. The minimum Gasteiger partial charge on any atom is -0.464 e. The van der Waals surface area contributed by atoms with Crippen LogP contribution in [0.15, 0.2) is 24.3 Å². The van der Waals surface area contributed by atoms with Crippen LogP contribution in [0.3, 0.4) is 0 Å². The van der Waals surface area contributed by atoms with E-state index in [1.165, 1.54) is 122 Å². The van der Waals surface area contributed by atoms with Crippen LogP contribution in [0.2, 0.25) is 0 Å². The zero-order valence-corrected chi connectivity index (χ0v) is 39.5. The van der Waals surface area contributed by atoms with Crippen LogP contribution in [0.1, 0.15) is 235 Å². The predicted octanol–water partition coefficient (Wildman–Crippen LogP) is 15.1. The highest BCUT2D eigenvalue weighted by molar-refractivity contribution is 5.70. The molecule has 0 rings (SSSR count). The van der Waals surface area contributed by atoms with Crippen molar-refractivity contribution in [3.63, 3.8) is 0 Å². The second kappa shape index (κ2) is 37.5. The van der Waals surface area contributed by atoms with Crippen molar-refractivity contribution in [1.82, 2.24) is 9.80 Å². The smallest absolute Gasteiger partial charge is 0.410 e. The second-order valence-corrected chi connectivity index (χ2v) is 18.4. The fraction of sp³-hybridized carbons (Fsp3) is 0.860. The first-order chi connectivity index (χ1) is 27.8. The molecular formula is C50H94N2O6. The third kappa shape index (κ3) is 39.0. The van der Waals surface area contributed by atoms with Crippen molar-refractivity contribution in [2.45, 2.75) is 246 Å². The van der Waals surface area contributed by atoms with Gasteiger partial charge in [0.1, 0.15) is 17.8 Å². The summed E-state index contributed by atoms with van der Waals surface area (Å²) in [5.74, 6) is -0.239. The van der Waals surface area contributed by atoms with Gasteiger partial charge < -0.3 is 24.0 Å². The highest BCUT2D eigenvalue weighted by Crippen LogP contribution is 2.16. The number of allylic oxidation sites excluding steroid dienone is 4. The lowest BCUT2D eigenvalue weighted by Crippen LogP contribution is -2.45. The molecule has 0 aromatic heterocycles. The van der Waals surface area contributed by atoms with E-state index in [0.29, 0.717) is 19.5 Å². The lowest BCUT2D eigenvalue weighted by molar-refractivity contribution is -0.144. The van der Waals surface area contributed by atoms with Gasteiger partial charge in [0.2, 0.25) is 0 Å². The Morgan fingerprint density at radius 1 is 0.414 bits per heavy atom. The highest BCUT2D eigenvalue weighted by Gasteiger charge is 2.26. The number of unbranched alkanes of at least 4 members (excludes halogenated alkanes) is 23. The largest absolute Gasteiger partial charge is 0.464 e. The van der Waals surface area contributed by atoms with Crippen LogP contribution >= 0.6 is 0 Å². The molecule has 0 atom stereocenters. The standard InChI is InChI=1S/C50H94N2O6/c1-9-11-13-15-17-19-21-23-25-27-29-31-33-35-37-39-41-51(47(54)57-49(3,4)5)42-43-52(48(55)58-50(6,7)8)44-45-56-46(53)40-38-36-34-32-30-28-26-24-22-20-18-16-14-12-10-2/h23-26H,9-22,27-45H2,1-8H3/b25-23-,26-24-. The number of hydrogen-bond donors (Lipinski definition) is 0. The van der Waals surface area contributed by atoms with Gasteiger partial charge in [-0.05, 0) is 106 Å². The van der Waals surface area contributed by atoms with Crippen LogP contribution in [0.5, 0.6) is 0 Å². The molecular weight excluding hydrogens is 725 g/mol. The SMILES string of the molecule is CCCCCCCC/C=C\CCCCCCCCN(CCN(CCOC(=O)CCCCCCC/C=C\CCCCCCCC)C(=O)OC(C)(C)C)C(=O)OC(C)(C)C. The molecule has 340 valence electrons.